The molecule has 0 aliphatic heterocycles. The molecule has 0 aromatic heterocycles. The molecule has 0 aliphatic carbocycles. The standard InChI is InChI=1S/C11H14N2/c1-10-4-6-11(7-5-10)13(2)9-3-8-12/h4-7H,3,9H2,1-2H3. The molecule has 0 atom stereocenters. The molecule has 0 N–H and O–H groups in total. The van der Waals surface area contributed by atoms with Crippen LogP contribution in [-0.4, -0.2) is 13.6 Å². The highest BCUT2D eigenvalue weighted by atomic mass is 15.1. The molecule has 1 aromatic rings. The van der Waals surface area contributed by atoms with Gasteiger partial charge in [-0.1, -0.05) is 17.7 Å². The zero-order valence-corrected chi connectivity index (χ0v) is 8.12. The van der Waals surface area contributed by atoms with Crippen LogP contribution in [0.4, 0.5) is 5.69 Å². The van der Waals surface area contributed by atoms with E-state index in [1.807, 2.05) is 7.05 Å². The Hall–Kier alpha value is -1.49. The summed E-state index contributed by atoms with van der Waals surface area (Å²) < 4.78 is 0. The zero-order chi connectivity index (χ0) is 9.68. The largest absolute Gasteiger partial charge is 0.374 e. The van der Waals surface area contributed by atoms with E-state index in [9.17, 15) is 0 Å². The van der Waals surface area contributed by atoms with Gasteiger partial charge in [0.05, 0.1) is 12.5 Å². The quantitative estimate of drug-likeness (QED) is 0.703. The van der Waals surface area contributed by atoms with Crippen LogP contribution in [0.1, 0.15) is 12.0 Å². The van der Waals surface area contributed by atoms with Gasteiger partial charge in [0.1, 0.15) is 0 Å². The molecule has 13 heavy (non-hydrogen) atoms. The average Bonchev–Trinajstić information content (AvgIpc) is 2.15. The fourth-order valence-corrected chi connectivity index (χ4v) is 1.15. The van der Waals surface area contributed by atoms with Crippen LogP contribution in [0.3, 0.4) is 0 Å². The number of aryl methyl sites for hydroxylation is 1. The summed E-state index contributed by atoms with van der Waals surface area (Å²) in [5.74, 6) is 0. The van der Waals surface area contributed by atoms with Gasteiger partial charge < -0.3 is 4.90 Å². The summed E-state index contributed by atoms with van der Waals surface area (Å²) in [6.07, 6.45) is 0.574. The first-order valence-electron chi connectivity index (χ1n) is 4.39. The summed E-state index contributed by atoms with van der Waals surface area (Å²) in [4.78, 5) is 2.09. The lowest BCUT2D eigenvalue weighted by Gasteiger charge is -2.17. The van der Waals surface area contributed by atoms with Crippen LogP contribution < -0.4 is 4.90 Å². The zero-order valence-electron chi connectivity index (χ0n) is 8.12. The molecule has 0 amide bonds. The van der Waals surface area contributed by atoms with Gasteiger partial charge in [-0.3, -0.25) is 0 Å². The molecule has 0 saturated carbocycles. The molecule has 1 aromatic carbocycles. The molecule has 2 heteroatoms. The Morgan fingerprint density at radius 1 is 1.31 bits per heavy atom. The van der Waals surface area contributed by atoms with Crippen molar-refractivity contribution in [2.45, 2.75) is 13.3 Å². The average molecular weight is 174 g/mol. The van der Waals surface area contributed by atoms with Crippen LogP contribution in [0.15, 0.2) is 24.3 Å². The van der Waals surface area contributed by atoms with Crippen molar-refractivity contribution in [1.29, 1.82) is 5.26 Å². The van der Waals surface area contributed by atoms with E-state index in [1.165, 1.54) is 11.3 Å². The van der Waals surface area contributed by atoms with E-state index in [-0.39, 0.29) is 0 Å². The highest BCUT2D eigenvalue weighted by Gasteiger charge is 1.98. The predicted molar refractivity (Wildman–Crippen MR) is 54.7 cm³/mol. The topological polar surface area (TPSA) is 27.0 Å². The van der Waals surface area contributed by atoms with E-state index >= 15 is 0 Å². The summed E-state index contributed by atoms with van der Waals surface area (Å²) in [7, 11) is 2.00. The highest BCUT2D eigenvalue weighted by Crippen LogP contribution is 2.12. The maximum Gasteiger partial charge on any atom is 0.0640 e. The summed E-state index contributed by atoms with van der Waals surface area (Å²) in [5.41, 5.74) is 2.43. The number of rotatable bonds is 3. The molecule has 0 saturated heterocycles. The Labute approximate surface area is 79.4 Å². The second-order valence-electron chi connectivity index (χ2n) is 3.17. The normalized spacial score (nSPS) is 9.31. The van der Waals surface area contributed by atoms with Crippen LogP contribution in [0.25, 0.3) is 0 Å². The Balaban J connectivity index is 2.62. The van der Waals surface area contributed by atoms with Gasteiger partial charge in [-0.2, -0.15) is 5.26 Å². The first kappa shape index (κ1) is 9.60. The predicted octanol–water partition coefficient (Wildman–Crippen LogP) is 2.34. The number of anilines is 1. The van der Waals surface area contributed by atoms with Crippen molar-refractivity contribution in [1.82, 2.24) is 0 Å². The number of benzene rings is 1. The molecule has 0 heterocycles. The van der Waals surface area contributed by atoms with E-state index in [1.54, 1.807) is 0 Å². The van der Waals surface area contributed by atoms with Gasteiger partial charge in [-0.15, -0.1) is 0 Å². The molecular weight excluding hydrogens is 160 g/mol. The van der Waals surface area contributed by atoms with Gasteiger partial charge in [0.15, 0.2) is 0 Å². The Bertz CT molecular complexity index is 295. The number of nitrogens with zero attached hydrogens (tertiary/aromatic N) is 2. The third-order valence-corrected chi connectivity index (χ3v) is 2.03. The van der Waals surface area contributed by atoms with Gasteiger partial charge in [0, 0.05) is 19.3 Å². The van der Waals surface area contributed by atoms with E-state index in [0.717, 1.165) is 6.54 Å². The highest BCUT2D eigenvalue weighted by molar-refractivity contribution is 5.46. The minimum Gasteiger partial charge on any atom is -0.374 e. The van der Waals surface area contributed by atoms with Crippen molar-refractivity contribution in [3.8, 4) is 6.07 Å². The van der Waals surface area contributed by atoms with Gasteiger partial charge >= 0.3 is 0 Å². The fraction of sp³-hybridized carbons (Fsp3) is 0.364. The second-order valence-corrected chi connectivity index (χ2v) is 3.17. The minimum atomic E-state index is 0.574. The van der Waals surface area contributed by atoms with Crippen LogP contribution in [0.5, 0.6) is 0 Å². The fourth-order valence-electron chi connectivity index (χ4n) is 1.15. The van der Waals surface area contributed by atoms with E-state index in [4.69, 9.17) is 5.26 Å². The molecule has 0 bridgehead atoms. The van der Waals surface area contributed by atoms with Gasteiger partial charge in [-0.05, 0) is 19.1 Å². The Morgan fingerprint density at radius 3 is 2.46 bits per heavy atom. The van der Waals surface area contributed by atoms with Gasteiger partial charge in [-0.25, -0.2) is 0 Å². The van der Waals surface area contributed by atoms with Crippen molar-refractivity contribution in [2.75, 3.05) is 18.5 Å². The molecule has 0 radical (unpaired) electrons. The maximum atomic E-state index is 8.43. The number of nitriles is 1. The monoisotopic (exact) mass is 174 g/mol. The molecular formula is C11H14N2. The van der Waals surface area contributed by atoms with Crippen LogP contribution >= 0.6 is 0 Å². The van der Waals surface area contributed by atoms with Crippen molar-refractivity contribution in [2.24, 2.45) is 0 Å². The van der Waals surface area contributed by atoms with Crippen LogP contribution in [0.2, 0.25) is 0 Å². The lowest BCUT2D eigenvalue weighted by Crippen LogP contribution is -2.17. The number of hydrogen-bond acceptors (Lipinski definition) is 2. The SMILES string of the molecule is Cc1ccc(N(C)CCC#N)cc1. The molecule has 0 fully saturated rings. The lowest BCUT2D eigenvalue weighted by molar-refractivity contribution is 0.905. The minimum absolute atomic E-state index is 0.574. The smallest absolute Gasteiger partial charge is 0.0640 e. The lowest BCUT2D eigenvalue weighted by atomic mass is 10.2. The van der Waals surface area contributed by atoms with Gasteiger partial charge in [0.2, 0.25) is 0 Å². The van der Waals surface area contributed by atoms with Crippen molar-refractivity contribution < 1.29 is 0 Å². The molecule has 1 rings (SSSR count). The Morgan fingerprint density at radius 2 is 1.92 bits per heavy atom. The van der Waals surface area contributed by atoms with E-state index in [2.05, 4.69) is 42.2 Å². The van der Waals surface area contributed by atoms with Crippen LogP contribution in [0, 0.1) is 18.3 Å². The Kier molecular flexibility index (Phi) is 3.33. The number of hydrogen-bond donors (Lipinski definition) is 0. The summed E-state index contributed by atoms with van der Waals surface area (Å²) >= 11 is 0. The van der Waals surface area contributed by atoms with E-state index in [0.29, 0.717) is 6.42 Å². The van der Waals surface area contributed by atoms with Crippen LogP contribution in [-0.2, 0) is 0 Å². The van der Waals surface area contributed by atoms with Gasteiger partial charge in [0.25, 0.3) is 0 Å². The maximum absolute atomic E-state index is 8.43. The third kappa shape index (κ3) is 2.79. The molecule has 0 unspecified atom stereocenters. The second kappa shape index (κ2) is 4.51. The summed E-state index contributed by atoms with van der Waals surface area (Å²) in [6, 6.07) is 10.5. The first-order valence-corrected chi connectivity index (χ1v) is 4.39. The molecule has 0 spiro atoms. The van der Waals surface area contributed by atoms with Crippen molar-refractivity contribution >= 4 is 5.69 Å². The third-order valence-electron chi connectivity index (χ3n) is 2.03. The summed E-state index contributed by atoms with van der Waals surface area (Å²) in [5, 5.41) is 8.43. The van der Waals surface area contributed by atoms with Crippen molar-refractivity contribution in [3.05, 3.63) is 29.8 Å². The van der Waals surface area contributed by atoms with Crippen molar-refractivity contribution in [3.63, 3.8) is 0 Å². The van der Waals surface area contributed by atoms with E-state index < -0.39 is 0 Å². The summed E-state index contributed by atoms with van der Waals surface area (Å²) in [6.45, 7) is 2.86. The molecule has 2 nitrogen and oxygen atoms in total. The molecule has 0 aliphatic rings. The molecule has 68 valence electrons. The first-order chi connectivity index (χ1) is 6.24.